The zero-order chi connectivity index (χ0) is 17.6. The molecule has 1 aliphatic carbocycles. The second kappa shape index (κ2) is 8.02. The number of nitrogens with one attached hydrogen (secondary N) is 2. The van der Waals surface area contributed by atoms with Crippen molar-refractivity contribution in [2.24, 2.45) is 0 Å². The van der Waals surface area contributed by atoms with Gasteiger partial charge in [0.2, 0.25) is 0 Å². The number of nitriles is 1. The van der Waals surface area contributed by atoms with Gasteiger partial charge in [-0.25, -0.2) is 4.79 Å². The molecular formula is C16H18F3N3O2. The molecule has 1 aliphatic rings. The Morgan fingerprint density at radius 3 is 2.62 bits per heavy atom. The van der Waals surface area contributed by atoms with E-state index in [0.717, 1.165) is 0 Å². The third-order valence-electron chi connectivity index (χ3n) is 3.72. The van der Waals surface area contributed by atoms with Crippen LogP contribution in [0.25, 0.3) is 0 Å². The van der Waals surface area contributed by atoms with Gasteiger partial charge < -0.3 is 15.4 Å². The number of nitrogens with zero attached hydrogens (tertiary/aromatic N) is 1. The lowest BCUT2D eigenvalue weighted by atomic mass is 9.93. The molecule has 130 valence electrons. The first-order valence-corrected chi connectivity index (χ1v) is 7.62. The van der Waals surface area contributed by atoms with Crippen LogP contribution in [0, 0.1) is 11.3 Å². The van der Waals surface area contributed by atoms with Crippen LogP contribution >= 0.6 is 0 Å². The fourth-order valence-corrected chi connectivity index (χ4v) is 2.62. The number of carbonyl (C=O) groups excluding carboxylic acids is 1. The minimum atomic E-state index is -4.34. The van der Waals surface area contributed by atoms with Crippen molar-refractivity contribution >= 4 is 11.7 Å². The lowest BCUT2D eigenvalue weighted by Crippen LogP contribution is -2.43. The number of hydrogen-bond donors (Lipinski definition) is 2. The molecule has 0 unspecified atom stereocenters. The largest absolute Gasteiger partial charge is 0.411 e. The van der Waals surface area contributed by atoms with Crippen LogP contribution in [0.5, 0.6) is 0 Å². The van der Waals surface area contributed by atoms with E-state index in [1.54, 1.807) is 24.3 Å². The van der Waals surface area contributed by atoms with Crippen LogP contribution in [0.3, 0.4) is 0 Å². The van der Waals surface area contributed by atoms with Crippen molar-refractivity contribution in [3.8, 4) is 6.07 Å². The molecule has 1 fully saturated rings. The van der Waals surface area contributed by atoms with Gasteiger partial charge in [0.1, 0.15) is 6.61 Å². The molecule has 2 amide bonds. The quantitative estimate of drug-likeness (QED) is 0.879. The first kappa shape index (κ1) is 18.1. The summed E-state index contributed by atoms with van der Waals surface area (Å²) in [6.45, 7) is -1.26. The van der Waals surface area contributed by atoms with Crippen molar-refractivity contribution in [2.45, 2.75) is 44.0 Å². The lowest BCUT2D eigenvalue weighted by Gasteiger charge is -2.30. The molecule has 2 rings (SSSR count). The monoisotopic (exact) mass is 341 g/mol. The van der Waals surface area contributed by atoms with E-state index in [0.29, 0.717) is 36.9 Å². The normalized spacial score (nSPS) is 20.9. The highest BCUT2D eigenvalue weighted by atomic mass is 19.4. The molecular weight excluding hydrogens is 323 g/mol. The molecule has 0 bridgehead atoms. The topological polar surface area (TPSA) is 74.2 Å². The summed E-state index contributed by atoms with van der Waals surface area (Å²) >= 11 is 0. The van der Waals surface area contributed by atoms with Gasteiger partial charge in [0, 0.05) is 11.7 Å². The van der Waals surface area contributed by atoms with Crippen molar-refractivity contribution in [3.05, 3.63) is 29.8 Å². The summed E-state index contributed by atoms with van der Waals surface area (Å²) in [5.74, 6) is 0. The number of urea groups is 1. The smallest absolute Gasteiger partial charge is 0.369 e. The van der Waals surface area contributed by atoms with Crippen molar-refractivity contribution in [1.29, 1.82) is 5.26 Å². The molecule has 2 N–H and O–H groups in total. The van der Waals surface area contributed by atoms with Crippen molar-refractivity contribution in [3.63, 3.8) is 0 Å². The Morgan fingerprint density at radius 2 is 2.00 bits per heavy atom. The number of benzene rings is 1. The number of alkyl halides is 3. The van der Waals surface area contributed by atoms with Gasteiger partial charge in [-0.2, -0.15) is 18.4 Å². The Hall–Kier alpha value is -2.27. The number of rotatable bonds is 4. The molecule has 0 heterocycles. The van der Waals surface area contributed by atoms with Crippen LogP contribution in [-0.2, 0) is 4.74 Å². The molecule has 0 saturated heterocycles. The minimum absolute atomic E-state index is 0.227. The Balaban J connectivity index is 1.79. The second-order valence-corrected chi connectivity index (χ2v) is 5.70. The van der Waals surface area contributed by atoms with Crippen molar-refractivity contribution in [2.75, 3.05) is 11.9 Å². The van der Waals surface area contributed by atoms with E-state index in [1.807, 2.05) is 6.07 Å². The van der Waals surface area contributed by atoms with Gasteiger partial charge in [-0.1, -0.05) is 0 Å². The Labute approximate surface area is 137 Å². The molecule has 24 heavy (non-hydrogen) atoms. The highest BCUT2D eigenvalue weighted by molar-refractivity contribution is 5.89. The predicted molar refractivity (Wildman–Crippen MR) is 81.4 cm³/mol. The van der Waals surface area contributed by atoms with Gasteiger partial charge in [-0.15, -0.1) is 0 Å². The van der Waals surface area contributed by atoms with Crippen LogP contribution in [0.15, 0.2) is 24.3 Å². The molecule has 5 nitrogen and oxygen atoms in total. The van der Waals surface area contributed by atoms with Gasteiger partial charge in [-0.3, -0.25) is 0 Å². The summed E-state index contributed by atoms with van der Waals surface area (Å²) in [5, 5.41) is 14.1. The second-order valence-electron chi connectivity index (χ2n) is 5.70. The molecule has 8 heteroatoms. The molecule has 1 saturated carbocycles. The Kier molecular flexibility index (Phi) is 6.04. The minimum Gasteiger partial charge on any atom is -0.369 e. The maximum Gasteiger partial charge on any atom is 0.411 e. The Morgan fingerprint density at radius 1 is 1.29 bits per heavy atom. The fraction of sp³-hybridized carbons (Fsp3) is 0.500. The van der Waals surface area contributed by atoms with Gasteiger partial charge >= 0.3 is 12.2 Å². The van der Waals surface area contributed by atoms with Gasteiger partial charge in [-0.05, 0) is 49.9 Å². The number of amides is 2. The van der Waals surface area contributed by atoms with Crippen molar-refractivity contribution in [1.82, 2.24) is 5.32 Å². The highest BCUT2D eigenvalue weighted by Gasteiger charge is 2.31. The van der Waals surface area contributed by atoms with E-state index in [9.17, 15) is 18.0 Å². The van der Waals surface area contributed by atoms with E-state index in [1.165, 1.54) is 0 Å². The third kappa shape index (κ3) is 6.08. The van der Waals surface area contributed by atoms with E-state index >= 15 is 0 Å². The van der Waals surface area contributed by atoms with E-state index in [-0.39, 0.29) is 6.04 Å². The maximum absolute atomic E-state index is 12.2. The Bertz CT molecular complexity index is 596. The number of carbonyl (C=O) groups is 1. The molecule has 2 atom stereocenters. The zero-order valence-electron chi connectivity index (χ0n) is 12.9. The maximum atomic E-state index is 12.2. The van der Waals surface area contributed by atoms with Crippen LogP contribution in [0.2, 0.25) is 0 Å². The van der Waals surface area contributed by atoms with Crippen LogP contribution in [-0.4, -0.2) is 31.0 Å². The zero-order valence-corrected chi connectivity index (χ0v) is 12.9. The molecule has 0 radical (unpaired) electrons. The van der Waals surface area contributed by atoms with E-state index < -0.39 is 24.9 Å². The summed E-state index contributed by atoms with van der Waals surface area (Å²) in [4.78, 5) is 12.0. The number of ether oxygens (including phenoxy) is 1. The average molecular weight is 341 g/mol. The van der Waals surface area contributed by atoms with E-state index in [2.05, 4.69) is 10.6 Å². The van der Waals surface area contributed by atoms with E-state index in [4.69, 9.17) is 10.00 Å². The SMILES string of the molecule is N#Cc1ccc(NC(=O)N[C@H]2CCC[C@@H](OCC(F)(F)F)C2)cc1. The summed E-state index contributed by atoms with van der Waals surface area (Å²) in [7, 11) is 0. The fourth-order valence-electron chi connectivity index (χ4n) is 2.62. The molecule has 0 aromatic heterocycles. The van der Waals surface area contributed by atoms with Gasteiger partial charge in [0.05, 0.1) is 17.7 Å². The lowest BCUT2D eigenvalue weighted by molar-refractivity contribution is -0.188. The van der Waals surface area contributed by atoms with Gasteiger partial charge in [0.25, 0.3) is 0 Å². The molecule has 0 aliphatic heterocycles. The summed E-state index contributed by atoms with van der Waals surface area (Å²) < 4.78 is 41.4. The van der Waals surface area contributed by atoms with Crippen LogP contribution in [0.4, 0.5) is 23.7 Å². The molecule has 1 aromatic carbocycles. The van der Waals surface area contributed by atoms with Crippen molar-refractivity contribution < 1.29 is 22.7 Å². The number of hydrogen-bond acceptors (Lipinski definition) is 3. The highest BCUT2D eigenvalue weighted by Crippen LogP contribution is 2.24. The summed E-state index contributed by atoms with van der Waals surface area (Å²) in [6.07, 6.45) is -2.52. The van der Waals surface area contributed by atoms with Crippen LogP contribution < -0.4 is 10.6 Å². The molecule has 1 aromatic rings. The predicted octanol–water partition coefficient (Wildman–Crippen LogP) is 3.57. The first-order chi connectivity index (χ1) is 11.4. The third-order valence-corrected chi connectivity index (χ3v) is 3.72. The first-order valence-electron chi connectivity index (χ1n) is 7.62. The number of anilines is 1. The van der Waals surface area contributed by atoms with Gasteiger partial charge in [0.15, 0.2) is 0 Å². The summed E-state index contributed by atoms with van der Waals surface area (Å²) in [5.41, 5.74) is 1.02. The number of halogens is 3. The average Bonchev–Trinajstić information content (AvgIpc) is 2.53. The molecule has 0 spiro atoms. The standard InChI is InChI=1S/C16H18F3N3O2/c17-16(18,19)10-24-14-3-1-2-13(8-14)22-15(23)21-12-6-4-11(9-20)5-7-12/h4-7,13-14H,1-3,8,10H2,(H2,21,22,23)/t13-,14+/m0/s1. The summed E-state index contributed by atoms with van der Waals surface area (Å²) in [6, 6.07) is 7.69. The van der Waals surface area contributed by atoms with Crippen LogP contribution in [0.1, 0.15) is 31.2 Å².